The number of fused-ring (bicyclic) bond motifs is 1. The number of esters is 1. The van der Waals surface area contributed by atoms with Crippen LogP contribution in [-0.2, 0) is 4.79 Å². The van der Waals surface area contributed by atoms with Crippen molar-refractivity contribution in [3.63, 3.8) is 0 Å². The number of rotatable bonds is 17. The van der Waals surface area contributed by atoms with Crippen LogP contribution < -0.4 is 9.47 Å². The van der Waals surface area contributed by atoms with E-state index in [1.54, 1.807) is 36.4 Å². The summed E-state index contributed by atoms with van der Waals surface area (Å²) in [6.07, 6.45) is 22.3. The molecule has 1 heterocycles. The van der Waals surface area contributed by atoms with E-state index in [0.29, 0.717) is 29.0 Å². The second-order valence-corrected chi connectivity index (χ2v) is 9.96. The van der Waals surface area contributed by atoms with Gasteiger partial charge in [0.15, 0.2) is 5.76 Å². The maximum absolute atomic E-state index is 13.1. The van der Waals surface area contributed by atoms with Crippen LogP contribution in [0.1, 0.15) is 113 Å². The van der Waals surface area contributed by atoms with Crippen LogP contribution >= 0.6 is 0 Å². The number of Topliss-reactive ketones (excluding diaryl/α,β-unsaturated/α-hetero) is 1. The fourth-order valence-corrected chi connectivity index (χ4v) is 4.46. The average molecular weight is 521 g/mol. The number of allylic oxidation sites excluding steroid dienone is 3. The molecule has 0 N–H and O–H groups in total. The van der Waals surface area contributed by atoms with E-state index >= 15 is 0 Å². The van der Waals surface area contributed by atoms with Gasteiger partial charge in [0, 0.05) is 6.42 Å². The summed E-state index contributed by atoms with van der Waals surface area (Å²) in [6.45, 7) is 2.25. The third-order valence-corrected chi connectivity index (χ3v) is 6.68. The molecule has 1 aliphatic rings. The van der Waals surface area contributed by atoms with Gasteiger partial charge in [0.25, 0.3) is 0 Å². The Morgan fingerprint density at radius 3 is 2.16 bits per heavy atom. The van der Waals surface area contributed by atoms with Crippen molar-refractivity contribution in [3.05, 3.63) is 77.3 Å². The molecule has 0 fully saturated rings. The highest BCUT2D eigenvalue weighted by atomic mass is 19.1. The lowest BCUT2D eigenvalue weighted by Gasteiger charge is -2.05. The van der Waals surface area contributed by atoms with Crippen LogP contribution in [0.5, 0.6) is 11.5 Å². The lowest BCUT2D eigenvalue weighted by molar-refractivity contribution is -0.134. The molecule has 5 heteroatoms. The van der Waals surface area contributed by atoms with Gasteiger partial charge < -0.3 is 9.47 Å². The molecule has 1 aliphatic heterocycles. The highest BCUT2D eigenvalue weighted by molar-refractivity contribution is 6.14. The summed E-state index contributed by atoms with van der Waals surface area (Å²) in [5, 5.41) is 0. The Morgan fingerprint density at radius 2 is 1.47 bits per heavy atom. The van der Waals surface area contributed by atoms with E-state index in [4.69, 9.17) is 9.47 Å². The van der Waals surface area contributed by atoms with Crippen molar-refractivity contribution in [1.82, 2.24) is 0 Å². The number of hydrogen-bond acceptors (Lipinski definition) is 4. The van der Waals surface area contributed by atoms with E-state index in [0.717, 1.165) is 25.7 Å². The first-order chi connectivity index (χ1) is 18.6. The number of benzene rings is 2. The van der Waals surface area contributed by atoms with E-state index in [2.05, 4.69) is 19.1 Å². The average Bonchev–Trinajstić information content (AvgIpc) is 3.22. The fourth-order valence-electron chi connectivity index (χ4n) is 4.46. The Hall–Kier alpha value is -3.21. The molecule has 0 aliphatic carbocycles. The number of carbonyl (C=O) groups is 2. The molecule has 0 radical (unpaired) electrons. The van der Waals surface area contributed by atoms with E-state index in [-0.39, 0.29) is 23.3 Å². The van der Waals surface area contributed by atoms with E-state index < -0.39 is 0 Å². The zero-order valence-corrected chi connectivity index (χ0v) is 22.7. The summed E-state index contributed by atoms with van der Waals surface area (Å²) < 4.78 is 24.2. The molecular formula is C33H41FO4. The Kier molecular flexibility index (Phi) is 12.8. The van der Waals surface area contributed by atoms with Gasteiger partial charge in [0.05, 0.1) is 5.56 Å². The molecule has 0 saturated carbocycles. The topological polar surface area (TPSA) is 52.6 Å². The SMILES string of the molecule is CCCCCCCC/C=C\CCCCCCCC(=O)Oc1ccc2c(c1)C(=O)/C(=C/c1ccc(F)cc1)O2. The first-order valence-corrected chi connectivity index (χ1v) is 14.3. The smallest absolute Gasteiger partial charge is 0.311 e. The van der Waals surface area contributed by atoms with Crippen LogP contribution in [0, 0.1) is 5.82 Å². The van der Waals surface area contributed by atoms with Crippen LogP contribution in [0.25, 0.3) is 6.08 Å². The molecule has 2 aromatic rings. The summed E-state index contributed by atoms with van der Waals surface area (Å²) in [5.74, 6) is -0.0249. The zero-order valence-electron chi connectivity index (χ0n) is 22.7. The van der Waals surface area contributed by atoms with Crippen LogP contribution in [0.15, 0.2) is 60.4 Å². The normalized spacial score (nSPS) is 13.7. The zero-order chi connectivity index (χ0) is 27.0. The van der Waals surface area contributed by atoms with Gasteiger partial charge in [-0.15, -0.1) is 0 Å². The molecule has 0 saturated heterocycles. The molecule has 0 spiro atoms. The number of hydrogen-bond donors (Lipinski definition) is 0. The predicted octanol–water partition coefficient (Wildman–Crippen LogP) is 9.38. The third-order valence-electron chi connectivity index (χ3n) is 6.68. The lowest BCUT2D eigenvalue weighted by atomic mass is 10.1. The Bertz CT molecular complexity index is 1080. The van der Waals surface area contributed by atoms with Crippen molar-refractivity contribution in [3.8, 4) is 11.5 Å². The molecule has 0 amide bonds. The second kappa shape index (κ2) is 16.6. The number of halogens is 1. The molecule has 0 atom stereocenters. The molecule has 2 aromatic carbocycles. The van der Waals surface area contributed by atoms with Crippen molar-refractivity contribution in [2.45, 2.75) is 96.8 Å². The molecule has 3 rings (SSSR count). The highest BCUT2D eigenvalue weighted by Crippen LogP contribution is 2.34. The fraction of sp³-hybridized carbons (Fsp3) is 0.455. The second-order valence-electron chi connectivity index (χ2n) is 9.96. The molecule has 0 unspecified atom stereocenters. The summed E-state index contributed by atoms with van der Waals surface area (Å²) in [7, 11) is 0. The van der Waals surface area contributed by atoms with Crippen LogP contribution in [0.2, 0.25) is 0 Å². The Labute approximate surface area is 226 Å². The van der Waals surface area contributed by atoms with Gasteiger partial charge >= 0.3 is 5.97 Å². The lowest BCUT2D eigenvalue weighted by Crippen LogP contribution is -2.07. The third kappa shape index (κ3) is 10.3. The van der Waals surface area contributed by atoms with Gasteiger partial charge in [-0.1, -0.05) is 82.6 Å². The van der Waals surface area contributed by atoms with Crippen LogP contribution in [-0.4, -0.2) is 11.8 Å². The number of carbonyl (C=O) groups excluding carboxylic acids is 2. The van der Waals surface area contributed by atoms with Crippen molar-refractivity contribution in [2.75, 3.05) is 0 Å². The Balaban J connectivity index is 1.27. The highest BCUT2D eigenvalue weighted by Gasteiger charge is 2.28. The van der Waals surface area contributed by atoms with Crippen molar-refractivity contribution in [1.29, 1.82) is 0 Å². The van der Waals surface area contributed by atoms with Gasteiger partial charge in [-0.05, 0) is 74.1 Å². The standard InChI is InChI=1S/C33H41FO4/c1-2-3-4-5-6-7-8-9-10-11-12-13-14-15-16-17-32(35)37-28-22-23-30-29(25-28)33(36)31(38-30)24-26-18-20-27(34)21-19-26/h9-10,18-25H,2-8,11-17H2,1H3/b10-9-,31-24-. The summed E-state index contributed by atoms with van der Waals surface area (Å²) in [6, 6.07) is 10.6. The minimum atomic E-state index is -0.345. The molecule has 0 aromatic heterocycles. The van der Waals surface area contributed by atoms with Gasteiger partial charge in [-0.3, -0.25) is 9.59 Å². The molecule has 4 nitrogen and oxygen atoms in total. The predicted molar refractivity (Wildman–Crippen MR) is 151 cm³/mol. The van der Waals surface area contributed by atoms with E-state index in [9.17, 15) is 14.0 Å². The molecule has 204 valence electrons. The minimum absolute atomic E-state index is 0.156. The largest absolute Gasteiger partial charge is 0.452 e. The van der Waals surface area contributed by atoms with E-state index in [1.807, 2.05) is 0 Å². The van der Waals surface area contributed by atoms with Crippen molar-refractivity contribution < 1.29 is 23.5 Å². The maximum Gasteiger partial charge on any atom is 0.311 e. The molecule has 38 heavy (non-hydrogen) atoms. The maximum atomic E-state index is 13.1. The summed E-state index contributed by atoms with van der Waals surface area (Å²) >= 11 is 0. The first kappa shape index (κ1) is 29.3. The summed E-state index contributed by atoms with van der Waals surface area (Å²) in [4.78, 5) is 25.0. The van der Waals surface area contributed by atoms with Crippen molar-refractivity contribution in [2.24, 2.45) is 0 Å². The van der Waals surface area contributed by atoms with Gasteiger partial charge in [-0.2, -0.15) is 0 Å². The van der Waals surface area contributed by atoms with Gasteiger partial charge in [-0.25, -0.2) is 4.39 Å². The van der Waals surface area contributed by atoms with Crippen LogP contribution in [0.3, 0.4) is 0 Å². The van der Waals surface area contributed by atoms with Gasteiger partial charge in [0.1, 0.15) is 17.3 Å². The summed E-state index contributed by atoms with van der Waals surface area (Å²) in [5.41, 5.74) is 1.01. The quantitative estimate of drug-likeness (QED) is 0.0685. The Morgan fingerprint density at radius 1 is 0.842 bits per heavy atom. The number of ketones is 1. The number of ether oxygens (including phenoxy) is 2. The van der Waals surface area contributed by atoms with E-state index in [1.165, 1.54) is 69.9 Å². The minimum Gasteiger partial charge on any atom is -0.452 e. The molecular weight excluding hydrogens is 479 g/mol. The van der Waals surface area contributed by atoms with Gasteiger partial charge in [0.2, 0.25) is 5.78 Å². The molecule has 0 bridgehead atoms. The van der Waals surface area contributed by atoms with Crippen LogP contribution in [0.4, 0.5) is 4.39 Å². The monoisotopic (exact) mass is 520 g/mol. The first-order valence-electron chi connectivity index (χ1n) is 14.3. The van der Waals surface area contributed by atoms with Crippen molar-refractivity contribution >= 4 is 17.8 Å². The number of unbranched alkanes of at least 4 members (excludes halogenated alkanes) is 11.